The Balaban J connectivity index is 2.16. The zero-order valence-electron chi connectivity index (χ0n) is 6.71. The molecule has 0 unspecified atom stereocenters. The van der Waals surface area contributed by atoms with E-state index >= 15 is 0 Å². The maximum absolute atomic E-state index is 3.27. The number of rotatable bonds is 0. The third-order valence-corrected chi connectivity index (χ3v) is 2.22. The highest BCUT2D eigenvalue weighted by Crippen LogP contribution is 2.18. The van der Waals surface area contributed by atoms with Gasteiger partial charge in [0.1, 0.15) is 0 Å². The second-order valence-corrected chi connectivity index (χ2v) is 3.06. The van der Waals surface area contributed by atoms with Gasteiger partial charge in [-0.2, -0.15) is 0 Å². The Labute approximate surface area is 67.6 Å². The molecule has 0 aromatic rings. The summed E-state index contributed by atoms with van der Waals surface area (Å²) in [6.45, 7) is 2.20. The van der Waals surface area contributed by atoms with Crippen LogP contribution in [0.1, 0.15) is 19.3 Å². The molecule has 0 fully saturated rings. The molecule has 2 heteroatoms. The van der Waals surface area contributed by atoms with Crippen LogP contribution < -0.4 is 5.32 Å². The van der Waals surface area contributed by atoms with Gasteiger partial charge in [-0.3, -0.25) is 0 Å². The summed E-state index contributed by atoms with van der Waals surface area (Å²) >= 11 is 0. The average Bonchev–Trinajstić information content (AvgIpc) is 2.28. The molecule has 0 bridgehead atoms. The highest BCUT2D eigenvalue weighted by molar-refractivity contribution is 5.10. The number of fused-ring (bicyclic) bond motifs is 1. The summed E-state index contributed by atoms with van der Waals surface area (Å²) in [5, 5.41) is 3.27. The Bertz CT molecular complexity index is 194. The van der Waals surface area contributed by atoms with Gasteiger partial charge in [-0.15, -0.1) is 0 Å². The van der Waals surface area contributed by atoms with Crippen LogP contribution >= 0.6 is 0 Å². The number of nitrogens with zero attached hydrogens (tertiary/aromatic N) is 1. The second kappa shape index (κ2) is 2.99. The first-order valence-corrected chi connectivity index (χ1v) is 4.32. The van der Waals surface area contributed by atoms with Gasteiger partial charge in [-0.25, -0.2) is 0 Å². The molecule has 2 aliphatic rings. The number of hydrogen-bond donors (Lipinski definition) is 1. The molecule has 0 aliphatic carbocycles. The molecule has 60 valence electrons. The first-order chi connectivity index (χ1) is 5.47. The molecule has 0 atom stereocenters. The molecule has 2 heterocycles. The monoisotopic (exact) mass is 150 g/mol. The molecule has 0 amide bonds. The Hall–Kier alpha value is -0.920. The standard InChI is InChI=1S/C9H14N2/c1-2-4-9-8-10-5-7-11(9)6-3-1/h3,6,8,10H,1-2,4-5,7H2. The zero-order valence-corrected chi connectivity index (χ0v) is 6.71. The Morgan fingerprint density at radius 2 is 2.45 bits per heavy atom. The molecular formula is C9H14N2. The first-order valence-electron chi connectivity index (χ1n) is 4.32. The highest BCUT2D eigenvalue weighted by atomic mass is 15.2. The topological polar surface area (TPSA) is 15.3 Å². The fraction of sp³-hybridized carbons (Fsp3) is 0.556. The lowest BCUT2D eigenvalue weighted by molar-refractivity contribution is 0.420. The minimum Gasteiger partial charge on any atom is -0.388 e. The number of hydrogen-bond acceptors (Lipinski definition) is 2. The SMILES string of the molecule is C1=CN2CCNC=C2CCC1. The van der Waals surface area contributed by atoms with Crippen molar-refractivity contribution in [1.82, 2.24) is 10.2 Å². The van der Waals surface area contributed by atoms with E-state index in [1.165, 1.54) is 25.0 Å². The van der Waals surface area contributed by atoms with Crippen LogP contribution in [-0.2, 0) is 0 Å². The van der Waals surface area contributed by atoms with Crippen LogP contribution in [0.15, 0.2) is 24.2 Å². The summed E-state index contributed by atoms with van der Waals surface area (Å²) in [6.07, 6.45) is 10.4. The van der Waals surface area contributed by atoms with Gasteiger partial charge < -0.3 is 10.2 Å². The second-order valence-electron chi connectivity index (χ2n) is 3.06. The molecule has 0 spiro atoms. The van der Waals surface area contributed by atoms with Crippen molar-refractivity contribution in [1.29, 1.82) is 0 Å². The van der Waals surface area contributed by atoms with E-state index < -0.39 is 0 Å². The molecule has 2 aliphatic heterocycles. The minimum atomic E-state index is 1.08. The summed E-state index contributed by atoms with van der Waals surface area (Å²) < 4.78 is 0. The average molecular weight is 150 g/mol. The van der Waals surface area contributed by atoms with Crippen molar-refractivity contribution in [3.8, 4) is 0 Å². The van der Waals surface area contributed by atoms with Crippen LogP contribution in [0.5, 0.6) is 0 Å². The van der Waals surface area contributed by atoms with Crippen LogP contribution in [-0.4, -0.2) is 18.0 Å². The minimum absolute atomic E-state index is 1.08. The van der Waals surface area contributed by atoms with Crippen molar-refractivity contribution in [2.75, 3.05) is 13.1 Å². The lowest BCUT2D eigenvalue weighted by Gasteiger charge is -2.26. The van der Waals surface area contributed by atoms with E-state index in [0.29, 0.717) is 0 Å². The molecule has 0 radical (unpaired) electrons. The molecule has 0 saturated heterocycles. The molecule has 2 rings (SSSR count). The predicted octanol–water partition coefficient (Wildman–Crippen LogP) is 1.43. The molecule has 2 nitrogen and oxygen atoms in total. The van der Waals surface area contributed by atoms with E-state index in [0.717, 1.165) is 13.1 Å². The normalized spacial score (nSPS) is 23.3. The Morgan fingerprint density at radius 3 is 3.45 bits per heavy atom. The Kier molecular flexibility index (Phi) is 1.84. The van der Waals surface area contributed by atoms with Gasteiger partial charge in [-0.05, 0) is 25.5 Å². The molecule has 11 heavy (non-hydrogen) atoms. The van der Waals surface area contributed by atoms with Crippen LogP contribution in [0, 0.1) is 0 Å². The summed E-state index contributed by atoms with van der Waals surface area (Å²) in [6, 6.07) is 0. The van der Waals surface area contributed by atoms with E-state index in [1.54, 1.807) is 0 Å². The van der Waals surface area contributed by atoms with E-state index in [1.807, 2.05) is 0 Å². The van der Waals surface area contributed by atoms with Gasteiger partial charge in [-0.1, -0.05) is 6.08 Å². The maximum atomic E-state index is 3.27. The number of allylic oxidation sites excluding steroid dienone is 2. The molecular weight excluding hydrogens is 136 g/mol. The molecule has 1 N–H and O–H groups in total. The Morgan fingerprint density at radius 1 is 1.45 bits per heavy atom. The van der Waals surface area contributed by atoms with Crippen LogP contribution in [0.4, 0.5) is 0 Å². The van der Waals surface area contributed by atoms with Crippen LogP contribution in [0.25, 0.3) is 0 Å². The number of nitrogens with one attached hydrogen (secondary N) is 1. The van der Waals surface area contributed by atoms with Gasteiger partial charge in [0.2, 0.25) is 0 Å². The van der Waals surface area contributed by atoms with Gasteiger partial charge in [0.25, 0.3) is 0 Å². The summed E-state index contributed by atoms with van der Waals surface area (Å²) in [5.41, 5.74) is 1.45. The van der Waals surface area contributed by atoms with Crippen molar-refractivity contribution in [2.45, 2.75) is 19.3 Å². The lowest BCUT2D eigenvalue weighted by Crippen LogP contribution is -2.31. The van der Waals surface area contributed by atoms with Crippen molar-refractivity contribution in [2.24, 2.45) is 0 Å². The first kappa shape index (κ1) is 6.77. The predicted molar refractivity (Wildman–Crippen MR) is 45.8 cm³/mol. The van der Waals surface area contributed by atoms with Crippen molar-refractivity contribution in [3.05, 3.63) is 24.2 Å². The van der Waals surface area contributed by atoms with Gasteiger partial charge in [0, 0.05) is 25.0 Å². The van der Waals surface area contributed by atoms with Crippen molar-refractivity contribution < 1.29 is 0 Å². The van der Waals surface area contributed by atoms with Gasteiger partial charge in [0.15, 0.2) is 0 Å². The molecule has 0 aromatic heterocycles. The van der Waals surface area contributed by atoms with Gasteiger partial charge >= 0.3 is 0 Å². The van der Waals surface area contributed by atoms with Crippen molar-refractivity contribution >= 4 is 0 Å². The van der Waals surface area contributed by atoms with E-state index in [2.05, 4.69) is 28.7 Å². The van der Waals surface area contributed by atoms with Crippen LogP contribution in [0.2, 0.25) is 0 Å². The van der Waals surface area contributed by atoms with E-state index in [-0.39, 0.29) is 0 Å². The largest absolute Gasteiger partial charge is 0.388 e. The van der Waals surface area contributed by atoms with Crippen molar-refractivity contribution in [3.63, 3.8) is 0 Å². The van der Waals surface area contributed by atoms with E-state index in [9.17, 15) is 0 Å². The summed E-state index contributed by atoms with van der Waals surface area (Å²) in [7, 11) is 0. The fourth-order valence-corrected chi connectivity index (χ4v) is 1.59. The molecule has 0 saturated carbocycles. The fourth-order valence-electron chi connectivity index (χ4n) is 1.59. The lowest BCUT2D eigenvalue weighted by atomic mass is 10.2. The van der Waals surface area contributed by atoms with Crippen LogP contribution in [0.3, 0.4) is 0 Å². The summed E-state index contributed by atoms with van der Waals surface area (Å²) in [4.78, 5) is 2.35. The van der Waals surface area contributed by atoms with Gasteiger partial charge in [0.05, 0.1) is 0 Å². The smallest absolute Gasteiger partial charge is 0.0395 e. The highest BCUT2D eigenvalue weighted by Gasteiger charge is 2.11. The zero-order chi connectivity index (χ0) is 7.52. The quantitative estimate of drug-likeness (QED) is 0.562. The van der Waals surface area contributed by atoms with E-state index in [4.69, 9.17) is 0 Å². The summed E-state index contributed by atoms with van der Waals surface area (Å²) in [5.74, 6) is 0. The maximum Gasteiger partial charge on any atom is 0.0395 e. The third kappa shape index (κ3) is 1.39. The molecule has 0 aromatic carbocycles. The third-order valence-electron chi connectivity index (χ3n) is 2.22.